The van der Waals surface area contributed by atoms with E-state index in [4.69, 9.17) is 13.7 Å². The van der Waals surface area contributed by atoms with E-state index in [1.54, 1.807) is 20.8 Å². The highest BCUT2D eigenvalue weighted by Crippen LogP contribution is 2.31. The standard InChI is InChI=1S/C14H21NO5S/c1-4-15-21(16,17)20-13-12(18-14(2,3)19-13)10-11-8-6-5-7-9-11/h5-9,12-13,15H,4,10H2,1-3H3. The number of ether oxygens (including phenoxy) is 2. The van der Waals surface area contributed by atoms with E-state index < -0.39 is 28.5 Å². The fourth-order valence-corrected chi connectivity index (χ4v) is 3.04. The minimum Gasteiger partial charge on any atom is -0.341 e. The first-order valence-corrected chi connectivity index (χ1v) is 8.29. The molecule has 0 bridgehead atoms. The lowest BCUT2D eigenvalue weighted by Crippen LogP contribution is -2.35. The zero-order valence-electron chi connectivity index (χ0n) is 12.4. The van der Waals surface area contributed by atoms with Crippen LogP contribution in [0.15, 0.2) is 30.3 Å². The van der Waals surface area contributed by atoms with Crippen LogP contribution < -0.4 is 4.72 Å². The van der Waals surface area contributed by atoms with Gasteiger partial charge in [0.05, 0.1) is 0 Å². The molecule has 0 aromatic heterocycles. The van der Waals surface area contributed by atoms with Gasteiger partial charge in [-0.25, -0.2) is 4.18 Å². The lowest BCUT2D eigenvalue weighted by atomic mass is 10.1. The molecule has 1 saturated heterocycles. The molecule has 1 fully saturated rings. The van der Waals surface area contributed by atoms with Gasteiger partial charge >= 0.3 is 10.3 Å². The molecule has 1 aromatic rings. The molecule has 0 saturated carbocycles. The van der Waals surface area contributed by atoms with Crippen LogP contribution in [0, 0.1) is 0 Å². The molecule has 2 atom stereocenters. The Morgan fingerprint density at radius 3 is 2.52 bits per heavy atom. The average molecular weight is 315 g/mol. The van der Waals surface area contributed by atoms with Gasteiger partial charge < -0.3 is 9.47 Å². The molecule has 6 nitrogen and oxygen atoms in total. The monoisotopic (exact) mass is 315 g/mol. The molecule has 7 heteroatoms. The molecule has 1 aromatic carbocycles. The number of nitrogens with one attached hydrogen (secondary N) is 1. The highest BCUT2D eigenvalue weighted by atomic mass is 32.2. The maximum Gasteiger partial charge on any atom is 0.338 e. The number of hydrogen-bond acceptors (Lipinski definition) is 5. The van der Waals surface area contributed by atoms with Crippen LogP contribution in [0.1, 0.15) is 26.3 Å². The lowest BCUT2D eigenvalue weighted by molar-refractivity contribution is -0.167. The predicted molar refractivity (Wildman–Crippen MR) is 77.7 cm³/mol. The molecule has 0 amide bonds. The minimum absolute atomic E-state index is 0.253. The third-order valence-electron chi connectivity index (χ3n) is 2.96. The molecule has 0 radical (unpaired) electrons. The van der Waals surface area contributed by atoms with Crippen LogP contribution in [0.2, 0.25) is 0 Å². The van der Waals surface area contributed by atoms with Gasteiger partial charge in [-0.15, -0.1) is 0 Å². The number of benzene rings is 1. The van der Waals surface area contributed by atoms with E-state index in [0.717, 1.165) is 5.56 Å². The van der Waals surface area contributed by atoms with Gasteiger partial charge in [0.1, 0.15) is 6.10 Å². The molecule has 0 spiro atoms. The van der Waals surface area contributed by atoms with E-state index in [1.807, 2.05) is 30.3 Å². The number of hydrogen-bond donors (Lipinski definition) is 1. The topological polar surface area (TPSA) is 73.9 Å². The summed E-state index contributed by atoms with van der Waals surface area (Å²) in [6, 6.07) is 9.65. The van der Waals surface area contributed by atoms with E-state index in [-0.39, 0.29) is 6.54 Å². The quantitative estimate of drug-likeness (QED) is 0.863. The van der Waals surface area contributed by atoms with Crippen molar-refractivity contribution < 1.29 is 22.1 Å². The van der Waals surface area contributed by atoms with Gasteiger partial charge in [0.15, 0.2) is 5.79 Å². The molecule has 2 unspecified atom stereocenters. The van der Waals surface area contributed by atoms with E-state index in [1.165, 1.54) is 0 Å². The Balaban J connectivity index is 2.10. The van der Waals surface area contributed by atoms with Crippen molar-refractivity contribution in [2.24, 2.45) is 0 Å². The molecule has 1 aliphatic heterocycles. The molecule has 1 heterocycles. The zero-order chi connectivity index (χ0) is 15.5. The van der Waals surface area contributed by atoms with Crippen LogP contribution in [0.3, 0.4) is 0 Å². The summed E-state index contributed by atoms with van der Waals surface area (Å²) < 4.78 is 42.1. The summed E-state index contributed by atoms with van der Waals surface area (Å²) in [7, 11) is -3.85. The molecule has 1 N–H and O–H groups in total. The fourth-order valence-electron chi connectivity index (χ4n) is 2.21. The van der Waals surface area contributed by atoms with Crippen LogP contribution >= 0.6 is 0 Å². The fraction of sp³-hybridized carbons (Fsp3) is 0.571. The Morgan fingerprint density at radius 2 is 1.90 bits per heavy atom. The van der Waals surface area contributed by atoms with E-state index in [2.05, 4.69) is 4.72 Å². The van der Waals surface area contributed by atoms with E-state index in [0.29, 0.717) is 6.42 Å². The third-order valence-corrected chi connectivity index (χ3v) is 4.05. The van der Waals surface area contributed by atoms with Crippen molar-refractivity contribution in [1.82, 2.24) is 4.72 Å². The van der Waals surface area contributed by atoms with Gasteiger partial charge in [0, 0.05) is 13.0 Å². The van der Waals surface area contributed by atoms with Crippen LogP contribution in [0.5, 0.6) is 0 Å². The maximum absolute atomic E-state index is 11.7. The van der Waals surface area contributed by atoms with E-state index >= 15 is 0 Å². The highest BCUT2D eigenvalue weighted by Gasteiger charge is 2.44. The normalized spacial score (nSPS) is 25.1. The first-order chi connectivity index (χ1) is 9.81. The SMILES string of the molecule is CCNS(=O)(=O)OC1OC(C)(C)OC1Cc1ccccc1. The maximum atomic E-state index is 11.7. The Bertz CT molecular complexity index is 558. The molecular weight excluding hydrogens is 294 g/mol. The van der Waals surface area contributed by atoms with Gasteiger partial charge in [-0.05, 0) is 19.4 Å². The van der Waals surface area contributed by atoms with Crippen molar-refractivity contribution in [2.75, 3.05) is 6.54 Å². The molecule has 2 rings (SSSR count). The summed E-state index contributed by atoms with van der Waals surface area (Å²) in [5.74, 6) is -0.883. The molecular formula is C14H21NO5S. The Kier molecular flexibility index (Phi) is 5.00. The van der Waals surface area contributed by atoms with Crippen LogP contribution in [0.25, 0.3) is 0 Å². The lowest BCUT2D eigenvalue weighted by Gasteiger charge is -2.17. The zero-order valence-corrected chi connectivity index (χ0v) is 13.2. The summed E-state index contributed by atoms with van der Waals surface area (Å²) >= 11 is 0. The largest absolute Gasteiger partial charge is 0.341 e. The molecule has 0 aliphatic carbocycles. The van der Waals surface area contributed by atoms with Crippen molar-refractivity contribution in [1.29, 1.82) is 0 Å². The minimum atomic E-state index is -3.85. The van der Waals surface area contributed by atoms with E-state index in [9.17, 15) is 8.42 Å². The Morgan fingerprint density at radius 1 is 1.24 bits per heavy atom. The van der Waals surface area contributed by atoms with Crippen molar-refractivity contribution in [3.63, 3.8) is 0 Å². The Hall–Kier alpha value is -0.990. The highest BCUT2D eigenvalue weighted by molar-refractivity contribution is 7.84. The summed E-state index contributed by atoms with van der Waals surface area (Å²) in [5.41, 5.74) is 1.03. The van der Waals surface area contributed by atoms with Gasteiger partial charge in [-0.3, -0.25) is 0 Å². The summed E-state index contributed by atoms with van der Waals surface area (Å²) in [4.78, 5) is 0. The van der Waals surface area contributed by atoms with Crippen molar-refractivity contribution in [2.45, 2.75) is 45.4 Å². The summed E-state index contributed by atoms with van der Waals surface area (Å²) in [5, 5.41) is 0. The second-order valence-corrected chi connectivity index (χ2v) is 6.67. The van der Waals surface area contributed by atoms with Gasteiger partial charge in [0.25, 0.3) is 0 Å². The van der Waals surface area contributed by atoms with Crippen LogP contribution in [-0.4, -0.2) is 33.1 Å². The van der Waals surface area contributed by atoms with Crippen molar-refractivity contribution in [3.05, 3.63) is 35.9 Å². The first kappa shape index (κ1) is 16.4. The molecule has 118 valence electrons. The smallest absolute Gasteiger partial charge is 0.338 e. The Labute approximate surface area is 125 Å². The van der Waals surface area contributed by atoms with Gasteiger partial charge in [-0.2, -0.15) is 13.1 Å². The van der Waals surface area contributed by atoms with Crippen LogP contribution in [-0.2, 0) is 30.4 Å². The second kappa shape index (κ2) is 6.41. The van der Waals surface area contributed by atoms with Gasteiger partial charge in [0.2, 0.25) is 6.29 Å². The molecule has 1 aliphatic rings. The van der Waals surface area contributed by atoms with Gasteiger partial charge in [-0.1, -0.05) is 37.3 Å². The van der Waals surface area contributed by atoms with Crippen LogP contribution in [0.4, 0.5) is 0 Å². The second-order valence-electron chi connectivity index (χ2n) is 5.28. The first-order valence-electron chi connectivity index (χ1n) is 6.89. The molecule has 21 heavy (non-hydrogen) atoms. The average Bonchev–Trinajstić information content (AvgIpc) is 2.64. The number of rotatable bonds is 6. The summed E-state index contributed by atoms with van der Waals surface area (Å²) in [6.45, 7) is 5.39. The summed E-state index contributed by atoms with van der Waals surface area (Å²) in [6.07, 6.45) is -0.948. The van der Waals surface area contributed by atoms with Crippen molar-refractivity contribution in [3.8, 4) is 0 Å². The predicted octanol–water partition coefficient (Wildman–Crippen LogP) is 1.58. The third kappa shape index (κ3) is 4.76. The van der Waals surface area contributed by atoms with Crippen molar-refractivity contribution >= 4 is 10.3 Å².